The Bertz CT molecular complexity index is 1180. The van der Waals surface area contributed by atoms with Crippen molar-refractivity contribution >= 4 is 13.8 Å². The molecule has 0 aliphatic heterocycles. The van der Waals surface area contributed by atoms with Gasteiger partial charge in [0.25, 0.3) is 0 Å². The summed E-state index contributed by atoms with van der Waals surface area (Å²) in [7, 11) is 1.60. The molecule has 0 aromatic heterocycles. The van der Waals surface area contributed by atoms with Crippen LogP contribution in [0.4, 0.5) is 0 Å². The Kier molecular flexibility index (Phi) is 38.8. The Morgan fingerprint density at radius 1 is 0.561 bits per heavy atom. The lowest BCUT2D eigenvalue weighted by atomic mass is 10.1. The molecule has 1 N–H and O–H groups in total. The molecular formula is C48H85NO7P+. The van der Waals surface area contributed by atoms with Gasteiger partial charge in [0, 0.05) is 13.0 Å². The normalized spacial score (nSPS) is 14.6. The Morgan fingerprint density at radius 2 is 1.02 bits per heavy atom. The zero-order valence-corrected chi connectivity index (χ0v) is 37.9. The zero-order chi connectivity index (χ0) is 42.0. The Morgan fingerprint density at radius 3 is 1.53 bits per heavy atom. The number of nitrogens with zero attached hydrogens (tertiary/aromatic N) is 1. The van der Waals surface area contributed by atoms with E-state index in [4.69, 9.17) is 18.5 Å². The topological polar surface area (TPSA) is 91.3 Å². The van der Waals surface area contributed by atoms with Crippen LogP contribution in [-0.4, -0.2) is 75.6 Å². The highest BCUT2D eigenvalue weighted by molar-refractivity contribution is 7.47. The van der Waals surface area contributed by atoms with Gasteiger partial charge in [-0.2, -0.15) is 0 Å². The van der Waals surface area contributed by atoms with Crippen molar-refractivity contribution in [1.29, 1.82) is 0 Å². The number of ether oxygens (including phenoxy) is 2. The molecule has 0 fully saturated rings. The molecule has 0 aliphatic rings. The van der Waals surface area contributed by atoms with E-state index in [-0.39, 0.29) is 26.2 Å². The molecule has 0 aromatic carbocycles. The maximum atomic E-state index is 12.7. The minimum Gasteiger partial charge on any atom is -0.457 e. The van der Waals surface area contributed by atoms with Crippen LogP contribution in [-0.2, 0) is 27.9 Å². The van der Waals surface area contributed by atoms with E-state index in [1.54, 1.807) is 0 Å². The lowest BCUT2D eigenvalue weighted by Crippen LogP contribution is -2.37. The molecule has 0 saturated heterocycles. The van der Waals surface area contributed by atoms with Crippen LogP contribution in [0.1, 0.15) is 155 Å². The van der Waals surface area contributed by atoms with Gasteiger partial charge < -0.3 is 18.9 Å². The SMILES string of the molecule is CC/C=C\C/C=C\C/C=C\C/C=C\C/C=C\C/C=C\CCC(=O)OC(COCCCCCCCC/C=C\CCCCCCCC)COP(=O)(O)OCC[N+](C)(C)C. The number of likely N-dealkylation sites (N-methyl/N-ethyl adjacent to an activating group) is 1. The fourth-order valence-corrected chi connectivity index (χ4v) is 6.25. The predicted octanol–water partition coefficient (Wildman–Crippen LogP) is 13.3. The van der Waals surface area contributed by atoms with Gasteiger partial charge in [-0.15, -0.1) is 0 Å². The molecule has 0 amide bonds. The van der Waals surface area contributed by atoms with Gasteiger partial charge in [-0.25, -0.2) is 4.57 Å². The van der Waals surface area contributed by atoms with Crippen molar-refractivity contribution in [2.75, 3.05) is 54.1 Å². The van der Waals surface area contributed by atoms with Gasteiger partial charge in [-0.3, -0.25) is 13.8 Å². The number of hydrogen-bond donors (Lipinski definition) is 1. The Balaban J connectivity index is 4.39. The molecule has 0 bridgehead atoms. The third kappa shape index (κ3) is 44.6. The van der Waals surface area contributed by atoms with Gasteiger partial charge in [0.15, 0.2) is 0 Å². The van der Waals surface area contributed by atoms with Crippen molar-refractivity contribution in [3.8, 4) is 0 Å². The smallest absolute Gasteiger partial charge is 0.457 e. The van der Waals surface area contributed by atoms with Crippen molar-refractivity contribution < 1.29 is 37.3 Å². The number of allylic oxidation sites excluding steroid dienone is 14. The molecule has 328 valence electrons. The molecule has 8 nitrogen and oxygen atoms in total. The second kappa shape index (κ2) is 40.5. The summed E-state index contributed by atoms with van der Waals surface area (Å²) < 4.78 is 34.9. The summed E-state index contributed by atoms with van der Waals surface area (Å²) in [5.41, 5.74) is 0. The second-order valence-corrected chi connectivity index (χ2v) is 17.1. The molecule has 0 saturated carbocycles. The van der Waals surface area contributed by atoms with Crippen molar-refractivity contribution in [3.05, 3.63) is 85.1 Å². The van der Waals surface area contributed by atoms with E-state index in [1.807, 2.05) is 33.3 Å². The van der Waals surface area contributed by atoms with Crippen LogP contribution in [0.3, 0.4) is 0 Å². The average molecular weight is 819 g/mol. The average Bonchev–Trinajstić information content (AvgIpc) is 3.16. The number of rotatable bonds is 40. The number of quaternary nitrogens is 1. The van der Waals surface area contributed by atoms with Crippen molar-refractivity contribution in [2.45, 2.75) is 161 Å². The summed E-state index contributed by atoms with van der Waals surface area (Å²) in [4.78, 5) is 22.9. The number of hydrogen-bond acceptors (Lipinski definition) is 6. The number of carbonyl (C=O) groups is 1. The summed E-state index contributed by atoms with van der Waals surface area (Å²) in [6.07, 6.45) is 53.5. The third-order valence-electron chi connectivity index (χ3n) is 8.95. The van der Waals surface area contributed by atoms with E-state index in [2.05, 4.69) is 86.8 Å². The van der Waals surface area contributed by atoms with Crippen LogP contribution in [0.15, 0.2) is 85.1 Å². The summed E-state index contributed by atoms with van der Waals surface area (Å²) >= 11 is 0. The molecule has 0 heterocycles. The minimum absolute atomic E-state index is 0.0696. The maximum absolute atomic E-state index is 12.7. The monoisotopic (exact) mass is 819 g/mol. The van der Waals surface area contributed by atoms with Gasteiger partial charge in [0.2, 0.25) is 0 Å². The first-order valence-electron chi connectivity index (χ1n) is 22.3. The van der Waals surface area contributed by atoms with Crippen LogP contribution < -0.4 is 0 Å². The van der Waals surface area contributed by atoms with E-state index in [0.717, 1.165) is 51.4 Å². The van der Waals surface area contributed by atoms with Crippen LogP contribution in [0.25, 0.3) is 0 Å². The van der Waals surface area contributed by atoms with Crippen molar-refractivity contribution in [2.24, 2.45) is 0 Å². The molecule has 57 heavy (non-hydrogen) atoms. The van der Waals surface area contributed by atoms with Gasteiger partial charge in [0.1, 0.15) is 19.3 Å². The number of carbonyl (C=O) groups excluding carboxylic acids is 1. The van der Waals surface area contributed by atoms with Crippen LogP contribution in [0, 0.1) is 0 Å². The first-order chi connectivity index (χ1) is 27.6. The highest BCUT2D eigenvalue weighted by Gasteiger charge is 2.26. The van der Waals surface area contributed by atoms with Crippen LogP contribution in [0.5, 0.6) is 0 Å². The summed E-state index contributed by atoms with van der Waals surface area (Å²) in [6, 6.07) is 0. The fraction of sp³-hybridized carbons (Fsp3) is 0.688. The number of phosphoric ester groups is 1. The van der Waals surface area contributed by atoms with Gasteiger partial charge in [-0.05, 0) is 77.0 Å². The molecule has 0 radical (unpaired) electrons. The van der Waals surface area contributed by atoms with Crippen LogP contribution >= 0.6 is 7.82 Å². The third-order valence-corrected chi connectivity index (χ3v) is 9.94. The predicted molar refractivity (Wildman–Crippen MR) is 242 cm³/mol. The Labute approximate surface area is 350 Å². The van der Waals surface area contributed by atoms with Gasteiger partial charge in [-0.1, -0.05) is 157 Å². The number of phosphoric acid groups is 1. The number of esters is 1. The standard InChI is InChI=1S/C48H84NO7P/c1-6-8-10-12-14-16-18-20-22-24-25-26-27-29-31-33-35-37-39-41-48(50)56-47(46-55-57(51,52)54-44-42-49(3,4)5)45-53-43-40-38-36-34-32-30-28-23-21-19-17-15-13-11-9-7-2/h8,10,14,16,20-23,25-26,29,31,35,37,47H,6-7,9,11-13,15,17-19,24,27-28,30,32-34,36,38-46H2,1-5H3/p+1/b10-8-,16-14-,22-20-,23-21-,26-25-,31-29-,37-35-. The van der Waals surface area contributed by atoms with Crippen LogP contribution in [0.2, 0.25) is 0 Å². The summed E-state index contributed by atoms with van der Waals surface area (Å²) in [6.45, 7) is 5.36. The lowest BCUT2D eigenvalue weighted by molar-refractivity contribution is -0.870. The highest BCUT2D eigenvalue weighted by Crippen LogP contribution is 2.43. The highest BCUT2D eigenvalue weighted by atomic mass is 31.2. The van der Waals surface area contributed by atoms with Gasteiger partial charge in [0.05, 0.1) is 34.4 Å². The summed E-state index contributed by atoms with van der Waals surface area (Å²) in [5.74, 6) is -0.400. The second-order valence-electron chi connectivity index (χ2n) is 15.7. The largest absolute Gasteiger partial charge is 0.472 e. The van der Waals surface area contributed by atoms with Gasteiger partial charge >= 0.3 is 13.8 Å². The van der Waals surface area contributed by atoms with E-state index in [0.29, 0.717) is 24.1 Å². The van der Waals surface area contributed by atoms with E-state index in [1.165, 1.54) is 77.0 Å². The van der Waals surface area contributed by atoms with Crippen molar-refractivity contribution in [1.82, 2.24) is 0 Å². The molecule has 9 heteroatoms. The molecule has 0 aromatic rings. The Hall–Kier alpha value is -2.32. The molecule has 2 unspecified atom stereocenters. The molecule has 2 atom stereocenters. The minimum atomic E-state index is -4.30. The molecule has 0 aliphatic carbocycles. The quantitative estimate of drug-likeness (QED) is 0.0216. The van der Waals surface area contributed by atoms with E-state index in [9.17, 15) is 14.3 Å². The fourth-order valence-electron chi connectivity index (χ4n) is 5.51. The first-order valence-corrected chi connectivity index (χ1v) is 23.8. The number of unbranched alkanes of at least 4 members (excludes halogenated alkanes) is 12. The molecule has 0 spiro atoms. The zero-order valence-electron chi connectivity index (χ0n) is 37.0. The lowest BCUT2D eigenvalue weighted by Gasteiger charge is -2.24. The van der Waals surface area contributed by atoms with Crippen molar-refractivity contribution in [3.63, 3.8) is 0 Å². The molecular weight excluding hydrogens is 734 g/mol. The molecule has 0 rings (SSSR count). The summed E-state index contributed by atoms with van der Waals surface area (Å²) in [5, 5.41) is 0. The van der Waals surface area contributed by atoms with E-state index >= 15 is 0 Å². The van der Waals surface area contributed by atoms with E-state index < -0.39 is 19.9 Å². The maximum Gasteiger partial charge on any atom is 0.472 e. The first kappa shape index (κ1) is 54.7.